The summed E-state index contributed by atoms with van der Waals surface area (Å²) >= 11 is 0. The predicted octanol–water partition coefficient (Wildman–Crippen LogP) is 7.30. The molecule has 2 atom stereocenters. The van der Waals surface area contributed by atoms with Gasteiger partial charge in [0.25, 0.3) is 0 Å². The molecule has 4 aromatic carbocycles. The first-order valence-electron chi connectivity index (χ1n) is 9.80. The summed E-state index contributed by atoms with van der Waals surface area (Å²) in [7, 11) is 1.69. The van der Waals surface area contributed by atoms with Gasteiger partial charge in [-0.2, -0.15) is 0 Å². The van der Waals surface area contributed by atoms with Gasteiger partial charge in [0, 0.05) is 23.2 Å². The fraction of sp³-hybridized carbons (Fsp3) is 0.0385. The maximum Gasteiger partial charge on any atom is 0.0716 e. The van der Waals surface area contributed by atoms with E-state index in [4.69, 9.17) is 4.99 Å². The quantitative estimate of drug-likeness (QED) is 0.315. The van der Waals surface area contributed by atoms with Crippen LogP contribution in [0.3, 0.4) is 0 Å². The van der Waals surface area contributed by atoms with Crippen LogP contribution in [0.15, 0.2) is 102 Å². The number of aliphatic imine (C=N–C) groups is 1. The van der Waals surface area contributed by atoms with E-state index in [1.165, 1.54) is 38.7 Å². The van der Waals surface area contributed by atoms with E-state index in [2.05, 4.69) is 103 Å². The number of rotatable bonds is 3. The molecule has 0 aromatic heterocycles. The Morgan fingerprint density at radius 3 is 1.79 bits per heavy atom. The van der Waals surface area contributed by atoms with Crippen LogP contribution < -0.4 is 5.30 Å². The van der Waals surface area contributed by atoms with Crippen molar-refractivity contribution in [3.8, 4) is 33.4 Å². The lowest BCUT2D eigenvalue weighted by Crippen LogP contribution is -2.04. The second-order valence-corrected chi connectivity index (χ2v) is 10.3. The molecule has 0 bridgehead atoms. The SMILES string of the molecule is C1=Nc2cc(-c3ccccc3)c(-c3ccccc3)c(-c3ccccc3)c2PPC1. The maximum absolute atomic E-state index is 4.88. The van der Waals surface area contributed by atoms with Gasteiger partial charge in [0.2, 0.25) is 0 Å². The topological polar surface area (TPSA) is 12.4 Å². The van der Waals surface area contributed by atoms with Crippen LogP contribution in [0.25, 0.3) is 33.4 Å². The Morgan fingerprint density at radius 2 is 1.17 bits per heavy atom. The normalized spacial score (nSPS) is 14.6. The largest absolute Gasteiger partial charge is 0.260 e. The van der Waals surface area contributed by atoms with Crippen molar-refractivity contribution in [2.75, 3.05) is 6.16 Å². The van der Waals surface area contributed by atoms with E-state index in [9.17, 15) is 0 Å². The van der Waals surface area contributed by atoms with E-state index >= 15 is 0 Å². The maximum atomic E-state index is 4.88. The monoisotopic (exact) mass is 409 g/mol. The zero-order valence-electron chi connectivity index (χ0n) is 16.0. The van der Waals surface area contributed by atoms with Crippen LogP contribution >= 0.6 is 16.5 Å². The molecule has 0 fully saturated rings. The number of benzene rings is 4. The lowest BCUT2D eigenvalue weighted by molar-refractivity contribution is 1.53. The summed E-state index contributed by atoms with van der Waals surface area (Å²) in [6, 6.07) is 34.7. The average Bonchev–Trinajstić information content (AvgIpc) is 3.05. The predicted molar refractivity (Wildman–Crippen MR) is 132 cm³/mol. The van der Waals surface area contributed by atoms with Crippen LogP contribution in [0.4, 0.5) is 5.69 Å². The fourth-order valence-corrected chi connectivity index (χ4v) is 6.86. The smallest absolute Gasteiger partial charge is 0.0716 e. The highest BCUT2D eigenvalue weighted by Crippen LogP contribution is 2.49. The average molecular weight is 409 g/mol. The van der Waals surface area contributed by atoms with Crippen LogP contribution in [-0.4, -0.2) is 12.4 Å². The molecule has 3 heteroatoms. The van der Waals surface area contributed by atoms with Crippen molar-refractivity contribution in [1.82, 2.24) is 0 Å². The van der Waals surface area contributed by atoms with Crippen molar-refractivity contribution in [2.45, 2.75) is 0 Å². The molecule has 1 aliphatic rings. The molecular weight excluding hydrogens is 388 g/mol. The molecule has 29 heavy (non-hydrogen) atoms. The first-order chi connectivity index (χ1) is 14.4. The van der Waals surface area contributed by atoms with Gasteiger partial charge in [0.1, 0.15) is 0 Å². The molecule has 1 aliphatic heterocycles. The van der Waals surface area contributed by atoms with Gasteiger partial charge in [-0.1, -0.05) is 108 Å². The molecule has 0 N–H and O–H groups in total. The molecular formula is C26H21NP2. The van der Waals surface area contributed by atoms with Gasteiger partial charge in [0.05, 0.1) is 5.69 Å². The summed E-state index contributed by atoms with van der Waals surface area (Å²) < 4.78 is 0. The Hall–Kier alpha value is -2.59. The fourth-order valence-electron chi connectivity index (χ4n) is 3.87. The number of fused-ring (bicyclic) bond motifs is 1. The van der Waals surface area contributed by atoms with Gasteiger partial charge in [-0.15, -0.1) is 0 Å². The third-order valence-corrected chi connectivity index (χ3v) is 8.37. The summed E-state index contributed by atoms with van der Waals surface area (Å²) in [5.41, 5.74) is 8.81. The number of nitrogens with zero attached hydrogens (tertiary/aromatic N) is 1. The summed E-state index contributed by atoms with van der Waals surface area (Å²) in [6.07, 6.45) is 3.17. The number of hydrogen-bond donors (Lipinski definition) is 0. The van der Waals surface area contributed by atoms with E-state index in [1.54, 1.807) is 0 Å². The first kappa shape index (κ1) is 18.4. The third-order valence-electron chi connectivity index (χ3n) is 5.15. The molecule has 1 heterocycles. The van der Waals surface area contributed by atoms with Crippen LogP contribution in [0, 0.1) is 0 Å². The van der Waals surface area contributed by atoms with Crippen molar-refractivity contribution in [3.05, 3.63) is 97.1 Å². The van der Waals surface area contributed by atoms with E-state index in [-0.39, 0.29) is 0 Å². The van der Waals surface area contributed by atoms with Crippen molar-refractivity contribution in [2.24, 2.45) is 4.99 Å². The minimum atomic E-state index is 0.788. The van der Waals surface area contributed by atoms with Gasteiger partial charge in [-0.3, -0.25) is 4.99 Å². The van der Waals surface area contributed by atoms with Gasteiger partial charge >= 0.3 is 0 Å². The molecule has 0 spiro atoms. The lowest BCUT2D eigenvalue weighted by Gasteiger charge is -2.21. The molecule has 1 nitrogen and oxygen atoms in total. The van der Waals surface area contributed by atoms with E-state index in [0.29, 0.717) is 0 Å². The molecule has 0 amide bonds. The molecule has 0 saturated carbocycles. The number of hydrogen-bond acceptors (Lipinski definition) is 1. The second-order valence-electron chi connectivity index (χ2n) is 6.98. The van der Waals surface area contributed by atoms with Crippen LogP contribution in [0.1, 0.15) is 0 Å². The summed E-state index contributed by atoms with van der Waals surface area (Å²) in [5.74, 6) is 0. The highest BCUT2D eigenvalue weighted by Gasteiger charge is 2.22. The Labute approximate surface area is 175 Å². The standard InChI is InChI=1S/C26H21NP2/c1-4-10-19(11-5-1)22-18-23-26(29-28-17-16-27-23)25(21-14-8-3-9-15-21)24(22)20-12-6-2-7-13-20/h1-16,18,28-29H,17H2. The summed E-state index contributed by atoms with van der Waals surface area (Å²) in [6.45, 7) is 0. The zero-order chi connectivity index (χ0) is 19.5. The minimum absolute atomic E-state index is 0.788. The molecule has 0 radical (unpaired) electrons. The van der Waals surface area contributed by atoms with Gasteiger partial charge in [-0.05, 0) is 33.9 Å². The summed E-state index contributed by atoms with van der Waals surface area (Å²) in [5, 5.41) is 1.40. The van der Waals surface area contributed by atoms with Crippen molar-refractivity contribution in [1.29, 1.82) is 0 Å². The molecule has 2 unspecified atom stereocenters. The Morgan fingerprint density at radius 1 is 0.621 bits per heavy atom. The lowest BCUT2D eigenvalue weighted by atomic mass is 9.87. The van der Waals surface area contributed by atoms with Crippen molar-refractivity contribution in [3.63, 3.8) is 0 Å². The highest BCUT2D eigenvalue weighted by atomic mass is 32.0. The first-order valence-corrected chi connectivity index (χ1v) is 13.0. The zero-order valence-corrected chi connectivity index (χ0v) is 18.0. The van der Waals surface area contributed by atoms with E-state index in [1.807, 2.05) is 0 Å². The van der Waals surface area contributed by atoms with Crippen LogP contribution in [0.5, 0.6) is 0 Å². The third kappa shape index (κ3) is 3.69. The Kier molecular flexibility index (Phi) is 5.35. The van der Waals surface area contributed by atoms with E-state index < -0.39 is 0 Å². The second kappa shape index (κ2) is 8.42. The Balaban J connectivity index is 1.92. The highest BCUT2D eigenvalue weighted by molar-refractivity contribution is 8.15. The molecule has 4 aromatic rings. The molecule has 0 saturated heterocycles. The summed E-state index contributed by atoms with van der Waals surface area (Å²) in [4.78, 5) is 4.88. The van der Waals surface area contributed by atoms with E-state index in [0.717, 1.165) is 28.4 Å². The van der Waals surface area contributed by atoms with Crippen molar-refractivity contribution >= 4 is 33.7 Å². The molecule has 5 rings (SSSR count). The van der Waals surface area contributed by atoms with Crippen molar-refractivity contribution < 1.29 is 0 Å². The van der Waals surface area contributed by atoms with Crippen LogP contribution in [0.2, 0.25) is 0 Å². The minimum Gasteiger partial charge on any atom is -0.260 e. The van der Waals surface area contributed by atoms with Gasteiger partial charge in [0.15, 0.2) is 0 Å². The molecule has 0 aliphatic carbocycles. The van der Waals surface area contributed by atoms with Gasteiger partial charge in [-0.25, -0.2) is 0 Å². The molecule has 140 valence electrons. The van der Waals surface area contributed by atoms with Gasteiger partial charge < -0.3 is 0 Å². The van der Waals surface area contributed by atoms with Crippen LogP contribution in [-0.2, 0) is 0 Å². The Bertz CT molecular complexity index is 1150.